The fourth-order valence-corrected chi connectivity index (χ4v) is 2.33. The van der Waals surface area contributed by atoms with Crippen molar-refractivity contribution in [2.45, 2.75) is 48.0 Å². The number of carbonyl (C=O) groups is 1. The van der Waals surface area contributed by atoms with E-state index in [0.29, 0.717) is 6.42 Å². The van der Waals surface area contributed by atoms with Crippen molar-refractivity contribution < 1.29 is 4.79 Å². The third-order valence-electron chi connectivity index (χ3n) is 2.94. The quantitative estimate of drug-likeness (QED) is 0.726. The highest BCUT2D eigenvalue weighted by Gasteiger charge is 2.34. The zero-order chi connectivity index (χ0) is 12.7. The molecule has 0 aliphatic heterocycles. The highest BCUT2D eigenvalue weighted by Crippen LogP contribution is 2.46. The lowest BCUT2D eigenvalue weighted by molar-refractivity contribution is -0.114. The lowest BCUT2D eigenvalue weighted by Crippen LogP contribution is -2.23. The Hall–Kier alpha value is -1.05. The molecule has 0 heterocycles. The second kappa shape index (κ2) is 3.76. The van der Waals surface area contributed by atoms with Crippen LogP contribution in [0.3, 0.4) is 0 Å². The van der Waals surface area contributed by atoms with Crippen LogP contribution in [0.4, 0.5) is 0 Å². The molecule has 0 fully saturated rings. The summed E-state index contributed by atoms with van der Waals surface area (Å²) in [7, 11) is 0. The number of rotatable bonds is 1. The average Bonchev–Trinajstić information content (AvgIpc) is 2.43. The molecule has 0 atom stereocenters. The minimum absolute atomic E-state index is 0.0278. The zero-order valence-corrected chi connectivity index (χ0v) is 11.3. The van der Waals surface area contributed by atoms with Crippen LogP contribution >= 0.6 is 0 Å². The first-order chi connectivity index (χ1) is 7.05. The molecule has 0 spiro atoms. The van der Waals surface area contributed by atoms with Crippen LogP contribution in [0.5, 0.6) is 0 Å². The number of carbonyl (C=O) groups excluding carboxylic acids is 1. The van der Waals surface area contributed by atoms with Gasteiger partial charge in [-0.1, -0.05) is 47.6 Å². The van der Waals surface area contributed by atoms with Crippen molar-refractivity contribution in [3.63, 3.8) is 0 Å². The van der Waals surface area contributed by atoms with Gasteiger partial charge in [0, 0.05) is 5.57 Å². The monoisotopic (exact) mass is 221 g/mol. The molecule has 0 aromatic rings. The second-order valence-corrected chi connectivity index (χ2v) is 6.54. The molecule has 90 valence electrons. The first-order valence-electron chi connectivity index (χ1n) is 5.79. The highest BCUT2D eigenvalue weighted by molar-refractivity contribution is 5.95. The van der Waals surface area contributed by atoms with Crippen molar-refractivity contribution in [2.75, 3.05) is 0 Å². The van der Waals surface area contributed by atoms with Crippen molar-refractivity contribution in [1.29, 1.82) is 0 Å². The summed E-state index contributed by atoms with van der Waals surface area (Å²) in [6, 6.07) is 0. The Balaban J connectivity index is 3.33. The number of amides is 1. The Morgan fingerprint density at radius 2 is 1.62 bits per heavy atom. The van der Waals surface area contributed by atoms with Crippen LogP contribution in [0.2, 0.25) is 0 Å². The minimum Gasteiger partial charge on any atom is -0.366 e. The van der Waals surface area contributed by atoms with Gasteiger partial charge in [0.2, 0.25) is 5.91 Å². The Morgan fingerprint density at radius 3 is 1.94 bits per heavy atom. The molecule has 0 saturated carbocycles. The van der Waals surface area contributed by atoms with Gasteiger partial charge < -0.3 is 5.73 Å². The zero-order valence-electron chi connectivity index (χ0n) is 11.3. The van der Waals surface area contributed by atoms with E-state index in [-0.39, 0.29) is 16.7 Å². The van der Waals surface area contributed by atoms with Gasteiger partial charge in [-0.3, -0.25) is 4.79 Å². The summed E-state index contributed by atoms with van der Waals surface area (Å²) < 4.78 is 0. The van der Waals surface area contributed by atoms with Gasteiger partial charge in [-0.25, -0.2) is 0 Å². The minimum atomic E-state index is -0.277. The van der Waals surface area contributed by atoms with Crippen LogP contribution in [0, 0.1) is 10.8 Å². The number of hydrogen-bond donors (Lipinski definition) is 1. The van der Waals surface area contributed by atoms with Gasteiger partial charge >= 0.3 is 0 Å². The topological polar surface area (TPSA) is 43.1 Å². The van der Waals surface area contributed by atoms with Crippen LogP contribution < -0.4 is 5.73 Å². The first kappa shape index (κ1) is 13.0. The van der Waals surface area contributed by atoms with E-state index in [4.69, 9.17) is 5.73 Å². The van der Waals surface area contributed by atoms with E-state index in [1.54, 1.807) is 0 Å². The van der Waals surface area contributed by atoms with E-state index in [1.165, 1.54) is 5.57 Å². The molecule has 1 amide bonds. The highest BCUT2D eigenvalue weighted by atomic mass is 16.1. The maximum atomic E-state index is 11.5. The molecular weight excluding hydrogens is 198 g/mol. The molecule has 2 heteroatoms. The van der Waals surface area contributed by atoms with Crippen LogP contribution in [0.15, 0.2) is 22.8 Å². The normalized spacial score (nSPS) is 17.8. The van der Waals surface area contributed by atoms with Gasteiger partial charge in [0.25, 0.3) is 0 Å². The van der Waals surface area contributed by atoms with Crippen LogP contribution in [-0.4, -0.2) is 5.91 Å². The van der Waals surface area contributed by atoms with Crippen molar-refractivity contribution in [3.8, 4) is 0 Å². The lowest BCUT2D eigenvalue weighted by Gasteiger charge is -2.31. The lowest BCUT2D eigenvalue weighted by atomic mass is 9.73. The molecular formula is C14H23NO. The largest absolute Gasteiger partial charge is 0.366 e. The molecule has 0 bridgehead atoms. The molecule has 1 aliphatic rings. The molecule has 16 heavy (non-hydrogen) atoms. The van der Waals surface area contributed by atoms with E-state index in [9.17, 15) is 4.79 Å². The van der Waals surface area contributed by atoms with Gasteiger partial charge in [0.05, 0.1) is 0 Å². The third kappa shape index (κ3) is 2.37. The van der Waals surface area contributed by atoms with Gasteiger partial charge in [-0.2, -0.15) is 0 Å². The van der Waals surface area contributed by atoms with Gasteiger partial charge in [0.1, 0.15) is 0 Å². The Kier molecular flexibility index (Phi) is 3.06. The molecule has 1 rings (SSSR count). The van der Waals surface area contributed by atoms with Crippen LogP contribution in [-0.2, 0) is 4.79 Å². The summed E-state index contributed by atoms with van der Waals surface area (Å²) >= 11 is 0. The molecule has 0 aromatic carbocycles. The van der Waals surface area contributed by atoms with Gasteiger partial charge in [-0.15, -0.1) is 0 Å². The molecule has 2 N–H and O–H groups in total. The molecule has 0 saturated heterocycles. The SMILES string of the molecule is CC(C)(C)C1=CCC(C(N)=O)=C1C(C)(C)C. The van der Waals surface area contributed by atoms with Gasteiger partial charge in [-0.05, 0) is 28.4 Å². The van der Waals surface area contributed by atoms with Crippen molar-refractivity contribution >= 4 is 5.91 Å². The first-order valence-corrected chi connectivity index (χ1v) is 5.79. The Bertz CT molecular complexity index is 373. The van der Waals surface area contributed by atoms with Crippen LogP contribution in [0.25, 0.3) is 0 Å². The van der Waals surface area contributed by atoms with E-state index in [0.717, 1.165) is 11.1 Å². The summed E-state index contributed by atoms with van der Waals surface area (Å²) in [5.41, 5.74) is 8.71. The Morgan fingerprint density at radius 1 is 1.12 bits per heavy atom. The van der Waals surface area contributed by atoms with E-state index >= 15 is 0 Å². The predicted molar refractivity (Wildman–Crippen MR) is 67.8 cm³/mol. The summed E-state index contributed by atoms with van der Waals surface area (Å²) in [5, 5.41) is 0. The molecule has 0 radical (unpaired) electrons. The standard InChI is InChI=1S/C14H23NO/c1-13(2,3)10-8-7-9(12(15)16)11(10)14(4,5)6/h8H,7H2,1-6H3,(H2,15,16). The van der Waals surface area contributed by atoms with E-state index in [2.05, 4.69) is 47.6 Å². The number of nitrogens with two attached hydrogens (primary N) is 1. The van der Waals surface area contributed by atoms with Crippen molar-refractivity contribution in [2.24, 2.45) is 16.6 Å². The average molecular weight is 221 g/mol. The summed E-state index contributed by atoms with van der Waals surface area (Å²) in [5.74, 6) is -0.277. The molecule has 1 aliphatic carbocycles. The predicted octanol–water partition coefficient (Wildman–Crippen LogP) is 3.19. The van der Waals surface area contributed by atoms with Crippen LogP contribution in [0.1, 0.15) is 48.0 Å². The third-order valence-corrected chi connectivity index (χ3v) is 2.94. The molecule has 2 nitrogen and oxygen atoms in total. The van der Waals surface area contributed by atoms with Crippen molar-refractivity contribution in [1.82, 2.24) is 0 Å². The Labute approximate surface area is 98.6 Å². The fourth-order valence-electron chi connectivity index (χ4n) is 2.33. The maximum Gasteiger partial charge on any atom is 0.245 e. The smallest absolute Gasteiger partial charge is 0.245 e. The second-order valence-electron chi connectivity index (χ2n) is 6.54. The maximum absolute atomic E-state index is 11.5. The number of primary amides is 1. The number of hydrogen-bond acceptors (Lipinski definition) is 1. The summed E-state index contributed by atoms with van der Waals surface area (Å²) in [6.45, 7) is 12.9. The number of allylic oxidation sites excluding steroid dienone is 3. The van der Waals surface area contributed by atoms with Gasteiger partial charge in [0.15, 0.2) is 0 Å². The molecule has 0 aromatic heterocycles. The summed E-state index contributed by atoms with van der Waals surface area (Å²) in [6.07, 6.45) is 2.84. The molecule has 0 unspecified atom stereocenters. The van der Waals surface area contributed by atoms with E-state index < -0.39 is 0 Å². The van der Waals surface area contributed by atoms with E-state index in [1.807, 2.05) is 0 Å². The van der Waals surface area contributed by atoms with Crippen molar-refractivity contribution in [3.05, 3.63) is 22.8 Å². The summed E-state index contributed by atoms with van der Waals surface area (Å²) in [4.78, 5) is 11.5. The fraction of sp³-hybridized carbons (Fsp3) is 0.643.